The van der Waals surface area contributed by atoms with Crippen molar-refractivity contribution in [2.24, 2.45) is 10.1 Å². The van der Waals surface area contributed by atoms with Gasteiger partial charge in [-0.2, -0.15) is 0 Å². The van der Waals surface area contributed by atoms with E-state index >= 15 is 0 Å². The molecule has 2 aliphatic rings. The fourth-order valence-corrected chi connectivity index (χ4v) is 3.48. The molecule has 1 N–H and O–H groups in total. The summed E-state index contributed by atoms with van der Waals surface area (Å²) in [5, 5.41) is 12.5. The Bertz CT molecular complexity index is 643. The predicted molar refractivity (Wildman–Crippen MR) is 83.7 cm³/mol. The molecule has 1 fully saturated rings. The van der Waals surface area contributed by atoms with Gasteiger partial charge in [0, 0.05) is 5.56 Å². The average Bonchev–Trinajstić information content (AvgIpc) is 2.96. The Morgan fingerprint density at radius 2 is 2.09 bits per heavy atom. The Morgan fingerprint density at radius 1 is 1.36 bits per heavy atom. The van der Waals surface area contributed by atoms with Crippen LogP contribution in [0.3, 0.4) is 0 Å². The van der Waals surface area contributed by atoms with Gasteiger partial charge in [0.05, 0.1) is 12.1 Å². The molecule has 116 valence electrons. The summed E-state index contributed by atoms with van der Waals surface area (Å²) < 4.78 is 5.00. The van der Waals surface area contributed by atoms with Crippen LogP contribution in [0.25, 0.3) is 0 Å². The largest absolute Gasteiger partial charge is 0.461 e. The Balaban J connectivity index is 2.08. The summed E-state index contributed by atoms with van der Waals surface area (Å²) in [5.41, 5.74) is 2.22. The number of ether oxygens (including phenoxy) is 1. The summed E-state index contributed by atoms with van der Waals surface area (Å²) in [4.78, 5) is 16.9. The highest BCUT2D eigenvalue weighted by atomic mass is 16.5. The van der Waals surface area contributed by atoms with E-state index in [4.69, 9.17) is 9.73 Å². The molecule has 0 bridgehead atoms. The van der Waals surface area contributed by atoms with Crippen LogP contribution in [-0.2, 0) is 16.0 Å². The van der Waals surface area contributed by atoms with Crippen LogP contribution < -0.4 is 0 Å². The smallest absolute Gasteiger partial charge is 0.362 e. The molecule has 1 aromatic rings. The van der Waals surface area contributed by atoms with Crippen LogP contribution >= 0.6 is 0 Å². The van der Waals surface area contributed by atoms with Gasteiger partial charge in [0.2, 0.25) is 5.71 Å². The first-order valence-corrected chi connectivity index (χ1v) is 7.77. The van der Waals surface area contributed by atoms with Gasteiger partial charge in [-0.15, -0.1) is 0 Å². The number of oxime groups is 1. The van der Waals surface area contributed by atoms with Gasteiger partial charge < -0.3 is 9.94 Å². The van der Waals surface area contributed by atoms with Crippen molar-refractivity contribution in [3.63, 3.8) is 0 Å². The number of hydrogen-bond donors (Lipinski definition) is 1. The van der Waals surface area contributed by atoms with Gasteiger partial charge in [-0.3, -0.25) is 4.99 Å². The maximum absolute atomic E-state index is 12.1. The lowest BCUT2D eigenvalue weighted by Gasteiger charge is -2.31. The van der Waals surface area contributed by atoms with Crippen molar-refractivity contribution in [2.75, 3.05) is 6.61 Å². The van der Waals surface area contributed by atoms with Crippen LogP contribution in [0.5, 0.6) is 0 Å². The highest BCUT2D eigenvalue weighted by Crippen LogP contribution is 2.40. The molecule has 0 unspecified atom stereocenters. The van der Waals surface area contributed by atoms with Gasteiger partial charge in [-0.1, -0.05) is 42.3 Å². The zero-order chi connectivity index (χ0) is 15.6. The molecule has 1 aliphatic carbocycles. The lowest BCUT2D eigenvalue weighted by atomic mass is 9.82. The Morgan fingerprint density at radius 3 is 2.77 bits per heavy atom. The molecule has 3 rings (SSSR count). The van der Waals surface area contributed by atoms with E-state index in [0.29, 0.717) is 5.71 Å². The summed E-state index contributed by atoms with van der Waals surface area (Å²) >= 11 is 0. The van der Waals surface area contributed by atoms with Gasteiger partial charge in [-0.05, 0) is 31.7 Å². The Labute approximate surface area is 129 Å². The van der Waals surface area contributed by atoms with Crippen LogP contribution in [0.1, 0.15) is 43.7 Å². The molecule has 1 spiro atoms. The number of aliphatic imine (C=N–C) groups is 1. The zero-order valence-corrected chi connectivity index (χ0v) is 12.7. The van der Waals surface area contributed by atoms with Gasteiger partial charge in [0.1, 0.15) is 5.71 Å². The van der Waals surface area contributed by atoms with Crippen molar-refractivity contribution in [1.82, 2.24) is 0 Å². The third-order valence-electron chi connectivity index (χ3n) is 4.47. The van der Waals surface area contributed by atoms with Crippen molar-refractivity contribution in [2.45, 2.75) is 44.6 Å². The number of carbonyl (C=O) groups excluding carboxylic acids is 1. The molecule has 0 saturated heterocycles. The number of benzene rings is 1. The lowest BCUT2D eigenvalue weighted by Crippen LogP contribution is -2.38. The first-order valence-electron chi connectivity index (χ1n) is 7.77. The highest BCUT2D eigenvalue weighted by Gasteiger charge is 2.40. The quantitative estimate of drug-likeness (QED) is 0.404. The SMILES string of the molecule is CCOC(=O)/C(=N/O)C1=NC2(CCCC2)Cc2ccccc21. The summed E-state index contributed by atoms with van der Waals surface area (Å²) in [6, 6.07) is 7.87. The maximum Gasteiger partial charge on any atom is 0.362 e. The topological polar surface area (TPSA) is 71.2 Å². The molecular weight excluding hydrogens is 280 g/mol. The monoisotopic (exact) mass is 300 g/mol. The predicted octanol–water partition coefficient (Wildman–Crippen LogP) is 2.74. The molecule has 1 aromatic carbocycles. The van der Waals surface area contributed by atoms with E-state index in [9.17, 15) is 10.0 Å². The van der Waals surface area contributed by atoms with E-state index in [1.54, 1.807) is 6.92 Å². The normalized spacial score (nSPS) is 19.7. The number of carbonyl (C=O) groups is 1. The van der Waals surface area contributed by atoms with Crippen LogP contribution in [0.2, 0.25) is 0 Å². The van der Waals surface area contributed by atoms with E-state index in [1.807, 2.05) is 18.2 Å². The molecule has 5 heteroatoms. The second kappa shape index (κ2) is 5.91. The molecule has 5 nitrogen and oxygen atoms in total. The van der Waals surface area contributed by atoms with Crippen LogP contribution in [0.4, 0.5) is 0 Å². The van der Waals surface area contributed by atoms with Crippen LogP contribution in [-0.4, -0.2) is 34.7 Å². The average molecular weight is 300 g/mol. The second-order valence-corrected chi connectivity index (χ2v) is 5.89. The minimum atomic E-state index is -0.631. The first kappa shape index (κ1) is 14.8. The highest BCUT2D eigenvalue weighted by molar-refractivity contribution is 6.69. The maximum atomic E-state index is 12.1. The van der Waals surface area contributed by atoms with E-state index in [-0.39, 0.29) is 17.9 Å². The Hall–Kier alpha value is -2.17. The van der Waals surface area contributed by atoms with E-state index in [2.05, 4.69) is 11.2 Å². The van der Waals surface area contributed by atoms with Crippen molar-refractivity contribution < 1.29 is 14.7 Å². The van der Waals surface area contributed by atoms with Crippen molar-refractivity contribution in [3.8, 4) is 0 Å². The number of hydrogen-bond acceptors (Lipinski definition) is 5. The van der Waals surface area contributed by atoms with Gasteiger partial charge in [-0.25, -0.2) is 4.79 Å². The molecule has 1 aliphatic heterocycles. The van der Waals surface area contributed by atoms with Gasteiger partial charge in [0.25, 0.3) is 0 Å². The zero-order valence-electron chi connectivity index (χ0n) is 12.7. The molecule has 0 radical (unpaired) electrons. The Kier molecular flexibility index (Phi) is 3.96. The summed E-state index contributed by atoms with van der Waals surface area (Å²) in [5.74, 6) is -0.631. The van der Waals surface area contributed by atoms with Crippen LogP contribution in [0, 0.1) is 0 Å². The third-order valence-corrected chi connectivity index (χ3v) is 4.47. The molecule has 1 heterocycles. The minimum absolute atomic E-state index is 0.0970. The number of rotatable bonds is 3. The molecule has 0 aromatic heterocycles. The number of nitrogens with zero attached hydrogens (tertiary/aromatic N) is 2. The van der Waals surface area contributed by atoms with Crippen molar-refractivity contribution >= 4 is 17.4 Å². The third kappa shape index (κ3) is 2.51. The number of esters is 1. The molecule has 1 saturated carbocycles. The minimum Gasteiger partial charge on any atom is -0.461 e. The van der Waals surface area contributed by atoms with E-state index in [0.717, 1.165) is 43.2 Å². The standard InChI is InChI=1S/C17H20N2O3/c1-2-22-16(20)15(19-21)14-13-8-4-3-7-12(13)11-17(18-14)9-5-6-10-17/h3-4,7-8,21H,2,5-6,9-11H2,1H3/b19-15+. The van der Waals surface area contributed by atoms with E-state index < -0.39 is 5.97 Å². The summed E-state index contributed by atoms with van der Waals surface area (Å²) in [6.45, 7) is 1.96. The fraction of sp³-hybridized carbons (Fsp3) is 0.471. The van der Waals surface area contributed by atoms with Gasteiger partial charge >= 0.3 is 5.97 Å². The van der Waals surface area contributed by atoms with Crippen molar-refractivity contribution in [3.05, 3.63) is 35.4 Å². The fourth-order valence-electron chi connectivity index (χ4n) is 3.48. The molecule has 0 amide bonds. The number of fused-ring (bicyclic) bond motifs is 1. The first-order chi connectivity index (χ1) is 10.7. The second-order valence-electron chi connectivity index (χ2n) is 5.89. The lowest BCUT2D eigenvalue weighted by molar-refractivity contribution is -0.134. The molecule has 0 atom stereocenters. The van der Waals surface area contributed by atoms with E-state index in [1.165, 1.54) is 0 Å². The molecule has 22 heavy (non-hydrogen) atoms. The molecular formula is C17H20N2O3. The summed E-state index contributed by atoms with van der Waals surface area (Å²) in [7, 11) is 0. The summed E-state index contributed by atoms with van der Waals surface area (Å²) in [6.07, 6.45) is 5.18. The van der Waals surface area contributed by atoms with Gasteiger partial charge in [0.15, 0.2) is 0 Å². The van der Waals surface area contributed by atoms with Crippen molar-refractivity contribution in [1.29, 1.82) is 0 Å². The van der Waals surface area contributed by atoms with Crippen LogP contribution in [0.15, 0.2) is 34.4 Å².